The van der Waals surface area contributed by atoms with E-state index < -0.39 is 0 Å². The molecule has 118 valence electrons. The van der Waals surface area contributed by atoms with Crippen molar-refractivity contribution in [3.63, 3.8) is 0 Å². The molecule has 0 saturated carbocycles. The van der Waals surface area contributed by atoms with Crippen molar-refractivity contribution in [2.24, 2.45) is 0 Å². The summed E-state index contributed by atoms with van der Waals surface area (Å²) in [6.45, 7) is 9.80. The third-order valence-corrected chi connectivity index (χ3v) is 3.48. The number of aryl methyl sites for hydroxylation is 1. The van der Waals surface area contributed by atoms with Crippen molar-refractivity contribution in [2.75, 3.05) is 0 Å². The van der Waals surface area contributed by atoms with Gasteiger partial charge in [-0.05, 0) is 30.9 Å². The van der Waals surface area contributed by atoms with E-state index in [0.717, 1.165) is 12.8 Å². The Morgan fingerprint density at radius 1 is 0.952 bits per heavy atom. The number of carbonyl (C=O) groups excluding carboxylic acids is 1. The quantitative estimate of drug-likeness (QED) is 0.394. The lowest BCUT2D eigenvalue weighted by atomic mass is 10.1. The molecule has 1 rings (SSSR count). The average molecular weight is 288 g/mol. The summed E-state index contributed by atoms with van der Waals surface area (Å²) >= 11 is 0. The second-order valence-corrected chi connectivity index (χ2v) is 5.56. The predicted octanol–water partition coefficient (Wildman–Crippen LogP) is 6.13. The molecule has 1 aromatic rings. The van der Waals surface area contributed by atoms with Gasteiger partial charge in [-0.2, -0.15) is 0 Å². The minimum absolute atomic E-state index is 0.232. The fourth-order valence-corrected chi connectivity index (χ4v) is 1.99. The van der Waals surface area contributed by atoms with Gasteiger partial charge in [-0.25, -0.2) is 0 Å². The summed E-state index contributed by atoms with van der Waals surface area (Å²) in [6, 6.07) is 10.5. The zero-order valence-electron chi connectivity index (χ0n) is 14.2. The fourth-order valence-electron chi connectivity index (χ4n) is 1.99. The molecule has 0 fully saturated rings. The van der Waals surface area contributed by atoms with Crippen molar-refractivity contribution >= 4 is 5.78 Å². The van der Waals surface area contributed by atoms with Gasteiger partial charge >= 0.3 is 0 Å². The van der Waals surface area contributed by atoms with Gasteiger partial charge in [0.25, 0.3) is 0 Å². The Labute approximate surface area is 131 Å². The van der Waals surface area contributed by atoms with Crippen molar-refractivity contribution in [1.82, 2.24) is 0 Å². The standard InChI is InChI=1S/C12H22O.C8H10/c1-4-5-6-7-8-9-10-12(13)11(2)3;1-2-8-6-4-3-5-7-8/h2,4-10H2,1,3H3;3-7H,2H2,1H3. The molecule has 0 amide bonds. The van der Waals surface area contributed by atoms with Gasteiger partial charge in [0.2, 0.25) is 0 Å². The lowest BCUT2D eigenvalue weighted by molar-refractivity contribution is -0.115. The Kier molecular flexibility index (Phi) is 12.7. The number of Topliss-reactive ketones (excluding diaryl/α,β-unsaturated/α-hetero) is 1. The van der Waals surface area contributed by atoms with Crippen molar-refractivity contribution < 1.29 is 4.79 Å². The number of benzene rings is 1. The van der Waals surface area contributed by atoms with E-state index in [1.807, 2.05) is 6.07 Å². The lowest BCUT2D eigenvalue weighted by Crippen LogP contribution is -1.97. The monoisotopic (exact) mass is 288 g/mol. The van der Waals surface area contributed by atoms with Crippen LogP contribution in [-0.2, 0) is 11.2 Å². The maximum absolute atomic E-state index is 11.1. The molecule has 0 aliphatic rings. The number of rotatable bonds is 9. The smallest absolute Gasteiger partial charge is 0.157 e. The van der Waals surface area contributed by atoms with E-state index in [0.29, 0.717) is 12.0 Å². The summed E-state index contributed by atoms with van der Waals surface area (Å²) in [6.07, 6.45) is 9.27. The maximum atomic E-state index is 11.1. The van der Waals surface area contributed by atoms with Gasteiger partial charge in [0.05, 0.1) is 0 Å². The third-order valence-electron chi connectivity index (χ3n) is 3.48. The molecule has 0 aliphatic carbocycles. The minimum Gasteiger partial charge on any atom is -0.295 e. The largest absolute Gasteiger partial charge is 0.295 e. The molecule has 0 saturated heterocycles. The van der Waals surface area contributed by atoms with Gasteiger partial charge in [-0.1, -0.05) is 82.9 Å². The molecule has 0 bridgehead atoms. The maximum Gasteiger partial charge on any atom is 0.157 e. The highest BCUT2D eigenvalue weighted by molar-refractivity contribution is 5.93. The zero-order chi connectivity index (χ0) is 15.9. The Hall–Kier alpha value is -1.37. The van der Waals surface area contributed by atoms with Crippen molar-refractivity contribution in [2.45, 2.75) is 72.1 Å². The van der Waals surface area contributed by atoms with Crippen LogP contribution in [0.1, 0.15) is 71.3 Å². The van der Waals surface area contributed by atoms with E-state index >= 15 is 0 Å². The summed E-state index contributed by atoms with van der Waals surface area (Å²) in [5, 5.41) is 0. The summed E-state index contributed by atoms with van der Waals surface area (Å²) in [5.41, 5.74) is 2.11. The molecule has 1 aromatic carbocycles. The lowest BCUT2D eigenvalue weighted by Gasteiger charge is -2.00. The van der Waals surface area contributed by atoms with Crippen LogP contribution in [0.15, 0.2) is 42.5 Å². The molecule has 0 atom stereocenters. The number of allylic oxidation sites excluding steroid dienone is 1. The molecule has 0 N–H and O–H groups in total. The molecule has 0 radical (unpaired) electrons. The third kappa shape index (κ3) is 12.1. The molecule has 0 unspecified atom stereocenters. The number of carbonyl (C=O) groups is 1. The van der Waals surface area contributed by atoms with Gasteiger partial charge in [-0.15, -0.1) is 0 Å². The van der Waals surface area contributed by atoms with E-state index in [-0.39, 0.29) is 5.78 Å². The van der Waals surface area contributed by atoms with Crippen LogP contribution in [0.3, 0.4) is 0 Å². The predicted molar refractivity (Wildman–Crippen MR) is 93.6 cm³/mol. The van der Waals surface area contributed by atoms with E-state index in [2.05, 4.69) is 44.7 Å². The topological polar surface area (TPSA) is 17.1 Å². The van der Waals surface area contributed by atoms with Gasteiger partial charge in [0.15, 0.2) is 5.78 Å². The highest BCUT2D eigenvalue weighted by Crippen LogP contribution is 2.08. The molecule has 21 heavy (non-hydrogen) atoms. The molecule has 0 spiro atoms. The summed E-state index contributed by atoms with van der Waals surface area (Å²) in [4.78, 5) is 11.1. The number of ketones is 1. The average Bonchev–Trinajstić information content (AvgIpc) is 2.51. The highest BCUT2D eigenvalue weighted by atomic mass is 16.1. The first-order valence-corrected chi connectivity index (χ1v) is 8.34. The van der Waals surface area contributed by atoms with Gasteiger partial charge in [0, 0.05) is 6.42 Å². The van der Waals surface area contributed by atoms with Gasteiger partial charge < -0.3 is 0 Å². The fraction of sp³-hybridized carbons (Fsp3) is 0.550. The van der Waals surface area contributed by atoms with Crippen LogP contribution >= 0.6 is 0 Å². The minimum atomic E-state index is 0.232. The van der Waals surface area contributed by atoms with Crippen molar-refractivity contribution in [1.29, 1.82) is 0 Å². The molecular formula is C20H32O. The van der Waals surface area contributed by atoms with E-state index in [1.54, 1.807) is 6.92 Å². The van der Waals surface area contributed by atoms with E-state index in [1.165, 1.54) is 37.7 Å². The van der Waals surface area contributed by atoms with Crippen LogP contribution in [0.4, 0.5) is 0 Å². The Morgan fingerprint density at radius 3 is 2.00 bits per heavy atom. The highest BCUT2D eigenvalue weighted by Gasteiger charge is 2.00. The number of hydrogen-bond acceptors (Lipinski definition) is 1. The van der Waals surface area contributed by atoms with Crippen LogP contribution < -0.4 is 0 Å². The molecule has 1 heteroatoms. The SMILES string of the molecule is C=C(C)C(=O)CCCCCCCC.CCc1ccccc1. The Bertz CT molecular complexity index is 378. The van der Waals surface area contributed by atoms with E-state index in [9.17, 15) is 4.79 Å². The van der Waals surface area contributed by atoms with Crippen LogP contribution in [-0.4, -0.2) is 5.78 Å². The van der Waals surface area contributed by atoms with Crippen LogP contribution in [0, 0.1) is 0 Å². The summed E-state index contributed by atoms with van der Waals surface area (Å²) in [7, 11) is 0. The number of unbranched alkanes of at least 4 members (excludes halogenated alkanes) is 5. The van der Waals surface area contributed by atoms with Crippen molar-refractivity contribution in [3.05, 3.63) is 48.0 Å². The molecule has 1 nitrogen and oxygen atoms in total. The summed E-state index contributed by atoms with van der Waals surface area (Å²) in [5.74, 6) is 0.232. The normalized spacial score (nSPS) is 9.67. The van der Waals surface area contributed by atoms with Crippen LogP contribution in [0.2, 0.25) is 0 Å². The second kappa shape index (κ2) is 13.6. The first kappa shape index (κ1) is 19.6. The first-order chi connectivity index (χ1) is 10.1. The van der Waals surface area contributed by atoms with Crippen LogP contribution in [0.5, 0.6) is 0 Å². The van der Waals surface area contributed by atoms with Gasteiger partial charge in [-0.3, -0.25) is 4.79 Å². The number of hydrogen-bond donors (Lipinski definition) is 0. The zero-order valence-corrected chi connectivity index (χ0v) is 14.2. The van der Waals surface area contributed by atoms with Crippen molar-refractivity contribution in [3.8, 4) is 0 Å². The first-order valence-electron chi connectivity index (χ1n) is 8.34. The second-order valence-electron chi connectivity index (χ2n) is 5.56. The molecule has 0 aliphatic heterocycles. The van der Waals surface area contributed by atoms with E-state index in [4.69, 9.17) is 0 Å². The molecule has 0 heterocycles. The van der Waals surface area contributed by atoms with Crippen LogP contribution in [0.25, 0.3) is 0 Å². The Balaban J connectivity index is 0.000000423. The Morgan fingerprint density at radius 2 is 1.52 bits per heavy atom. The molecule has 0 aromatic heterocycles. The summed E-state index contributed by atoms with van der Waals surface area (Å²) < 4.78 is 0. The molecular weight excluding hydrogens is 256 g/mol. The van der Waals surface area contributed by atoms with Gasteiger partial charge in [0.1, 0.15) is 0 Å².